The molecule has 0 bridgehead atoms. The van der Waals surface area contributed by atoms with Gasteiger partial charge in [-0.1, -0.05) is 48.5 Å². The second-order valence-electron chi connectivity index (χ2n) is 7.32. The molecule has 1 aromatic heterocycles. The molecule has 0 spiro atoms. The summed E-state index contributed by atoms with van der Waals surface area (Å²) in [5.74, 6) is -0.868. The lowest BCUT2D eigenvalue weighted by Gasteiger charge is -2.30. The van der Waals surface area contributed by atoms with Crippen LogP contribution >= 0.6 is 0 Å². The van der Waals surface area contributed by atoms with E-state index in [2.05, 4.69) is 5.10 Å². The second kappa shape index (κ2) is 9.09. The predicted molar refractivity (Wildman–Crippen MR) is 113 cm³/mol. The van der Waals surface area contributed by atoms with Gasteiger partial charge in [0.15, 0.2) is 0 Å². The summed E-state index contributed by atoms with van der Waals surface area (Å²) in [5.41, 5.74) is 0.788. The molecule has 160 valence electrons. The molecule has 2 heterocycles. The first-order chi connectivity index (χ1) is 15.0. The fraction of sp³-hybridized carbons (Fsp3) is 0.304. The van der Waals surface area contributed by atoms with Crippen molar-refractivity contribution in [3.63, 3.8) is 0 Å². The first kappa shape index (κ1) is 20.7. The molecule has 3 aromatic rings. The van der Waals surface area contributed by atoms with Crippen LogP contribution in [0.2, 0.25) is 0 Å². The number of carbonyl (C=O) groups excluding carboxylic acids is 2. The normalized spacial score (nSPS) is 14.9. The molecule has 0 saturated carbocycles. The van der Waals surface area contributed by atoms with Crippen molar-refractivity contribution in [3.05, 3.63) is 76.2 Å². The number of benzene rings is 2. The minimum Gasteiger partial charge on any atom is -0.447 e. The molecule has 4 rings (SSSR count). The highest BCUT2D eigenvalue weighted by atomic mass is 16.5. The van der Waals surface area contributed by atoms with Crippen molar-refractivity contribution >= 4 is 22.6 Å². The third-order valence-electron chi connectivity index (χ3n) is 5.24. The van der Waals surface area contributed by atoms with Gasteiger partial charge in [0.05, 0.1) is 30.7 Å². The molecule has 0 aliphatic carbocycles. The van der Waals surface area contributed by atoms with Crippen LogP contribution < -0.4 is 5.56 Å². The van der Waals surface area contributed by atoms with Crippen molar-refractivity contribution in [1.29, 1.82) is 0 Å². The maximum Gasteiger partial charge on any atom is 0.313 e. The van der Waals surface area contributed by atoms with Crippen LogP contribution in [0.4, 0.5) is 0 Å². The molecule has 1 fully saturated rings. The Kier molecular flexibility index (Phi) is 6.08. The van der Waals surface area contributed by atoms with Crippen molar-refractivity contribution < 1.29 is 19.1 Å². The van der Waals surface area contributed by atoms with Gasteiger partial charge in [-0.05, 0) is 6.07 Å². The molecule has 31 heavy (non-hydrogen) atoms. The zero-order chi connectivity index (χ0) is 21.8. The number of rotatable bonds is 5. The van der Waals surface area contributed by atoms with E-state index in [1.54, 1.807) is 60.5 Å². The van der Waals surface area contributed by atoms with Gasteiger partial charge in [-0.15, -0.1) is 0 Å². The highest BCUT2D eigenvalue weighted by Gasteiger charge is 2.30. The summed E-state index contributed by atoms with van der Waals surface area (Å²) >= 11 is 0. The maximum atomic E-state index is 13.1. The van der Waals surface area contributed by atoms with Gasteiger partial charge in [0, 0.05) is 31.1 Å². The third kappa shape index (κ3) is 4.49. The standard InChI is InChI=1S/C23H23N3O5/c1-25-22(28)18-10-6-5-9-17(18)19(24-25)15-20(27)31-21(16-7-3-2-4-8-16)23(29)26-11-13-30-14-12-26/h2-10,21H,11-15H2,1H3/t21-/m1/s1. The quantitative estimate of drug-likeness (QED) is 0.582. The van der Waals surface area contributed by atoms with E-state index in [4.69, 9.17) is 9.47 Å². The van der Waals surface area contributed by atoms with E-state index in [0.717, 1.165) is 0 Å². The Morgan fingerprint density at radius 3 is 2.39 bits per heavy atom. The largest absolute Gasteiger partial charge is 0.447 e. The number of carbonyl (C=O) groups is 2. The molecule has 0 N–H and O–H groups in total. The second-order valence-corrected chi connectivity index (χ2v) is 7.32. The molecule has 1 aliphatic rings. The van der Waals surface area contributed by atoms with Gasteiger partial charge in [-0.25, -0.2) is 4.68 Å². The molecule has 0 unspecified atom stereocenters. The van der Waals surface area contributed by atoms with E-state index in [0.29, 0.717) is 48.3 Å². The monoisotopic (exact) mass is 421 g/mol. The average molecular weight is 421 g/mol. The molecular formula is C23H23N3O5. The number of aromatic nitrogens is 2. The van der Waals surface area contributed by atoms with Crippen LogP contribution in [0.5, 0.6) is 0 Å². The number of ether oxygens (including phenoxy) is 2. The molecule has 1 aliphatic heterocycles. The molecule has 1 saturated heterocycles. The van der Waals surface area contributed by atoms with E-state index >= 15 is 0 Å². The average Bonchev–Trinajstić information content (AvgIpc) is 2.81. The van der Waals surface area contributed by atoms with Gasteiger partial charge in [-0.2, -0.15) is 5.10 Å². The lowest BCUT2D eigenvalue weighted by Crippen LogP contribution is -2.44. The highest BCUT2D eigenvalue weighted by molar-refractivity contribution is 5.89. The van der Waals surface area contributed by atoms with E-state index in [9.17, 15) is 14.4 Å². The molecule has 8 nitrogen and oxygen atoms in total. The number of aryl methyl sites for hydroxylation is 1. The van der Waals surface area contributed by atoms with Gasteiger partial charge in [0.2, 0.25) is 6.10 Å². The van der Waals surface area contributed by atoms with Gasteiger partial charge in [0.25, 0.3) is 11.5 Å². The van der Waals surface area contributed by atoms with Crippen molar-refractivity contribution in [3.8, 4) is 0 Å². The lowest BCUT2D eigenvalue weighted by molar-refractivity contribution is -0.162. The number of hydrogen-bond acceptors (Lipinski definition) is 6. The fourth-order valence-corrected chi connectivity index (χ4v) is 3.65. The summed E-state index contributed by atoms with van der Waals surface area (Å²) in [6, 6.07) is 15.9. The Hall–Kier alpha value is -3.52. The first-order valence-electron chi connectivity index (χ1n) is 10.1. The summed E-state index contributed by atoms with van der Waals surface area (Å²) < 4.78 is 12.2. The van der Waals surface area contributed by atoms with E-state index in [1.165, 1.54) is 4.68 Å². The smallest absolute Gasteiger partial charge is 0.313 e. The van der Waals surface area contributed by atoms with Crippen LogP contribution in [0.25, 0.3) is 10.8 Å². The van der Waals surface area contributed by atoms with Crippen molar-refractivity contribution in [2.75, 3.05) is 26.3 Å². The zero-order valence-corrected chi connectivity index (χ0v) is 17.2. The molecular weight excluding hydrogens is 398 g/mol. The zero-order valence-electron chi connectivity index (χ0n) is 17.2. The van der Waals surface area contributed by atoms with Crippen molar-refractivity contribution in [1.82, 2.24) is 14.7 Å². The molecule has 8 heteroatoms. The van der Waals surface area contributed by atoms with E-state index < -0.39 is 12.1 Å². The first-order valence-corrected chi connectivity index (χ1v) is 10.1. The summed E-state index contributed by atoms with van der Waals surface area (Å²) in [7, 11) is 1.54. The number of fused-ring (bicyclic) bond motifs is 1. The van der Waals surface area contributed by atoms with Crippen molar-refractivity contribution in [2.45, 2.75) is 12.5 Å². The van der Waals surface area contributed by atoms with Crippen LogP contribution in [0.3, 0.4) is 0 Å². The van der Waals surface area contributed by atoms with Crippen molar-refractivity contribution in [2.24, 2.45) is 7.05 Å². The summed E-state index contributed by atoms with van der Waals surface area (Å²) in [6.45, 7) is 1.81. The Morgan fingerprint density at radius 1 is 1.03 bits per heavy atom. The summed E-state index contributed by atoms with van der Waals surface area (Å²) in [6.07, 6.45) is -1.21. The minimum absolute atomic E-state index is 0.158. The Balaban J connectivity index is 1.60. The fourth-order valence-electron chi connectivity index (χ4n) is 3.65. The highest BCUT2D eigenvalue weighted by Crippen LogP contribution is 2.22. The topological polar surface area (TPSA) is 90.7 Å². The van der Waals surface area contributed by atoms with Crippen LogP contribution in [-0.2, 0) is 32.5 Å². The number of amides is 1. The van der Waals surface area contributed by atoms with Crippen LogP contribution in [-0.4, -0.2) is 52.9 Å². The van der Waals surface area contributed by atoms with Gasteiger partial charge >= 0.3 is 5.97 Å². The Bertz CT molecular complexity index is 1150. The van der Waals surface area contributed by atoms with Crippen LogP contribution in [0, 0.1) is 0 Å². The summed E-state index contributed by atoms with van der Waals surface area (Å²) in [5, 5.41) is 5.32. The van der Waals surface area contributed by atoms with Crippen LogP contribution in [0.1, 0.15) is 17.4 Å². The van der Waals surface area contributed by atoms with E-state index in [1.807, 2.05) is 6.07 Å². The Labute approximate surface area is 179 Å². The number of esters is 1. The number of morpholine rings is 1. The third-order valence-corrected chi connectivity index (χ3v) is 5.24. The van der Waals surface area contributed by atoms with E-state index in [-0.39, 0.29) is 17.9 Å². The van der Waals surface area contributed by atoms with Gasteiger partial charge in [-0.3, -0.25) is 14.4 Å². The molecule has 1 atom stereocenters. The minimum atomic E-state index is -1.05. The SMILES string of the molecule is Cn1nc(CC(=O)O[C@@H](C(=O)N2CCOCC2)c2ccccc2)c2ccccc2c1=O. The van der Waals surface area contributed by atoms with Gasteiger partial charge < -0.3 is 14.4 Å². The summed E-state index contributed by atoms with van der Waals surface area (Å²) in [4.78, 5) is 40.0. The maximum absolute atomic E-state index is 13.1. The Morgan fingerprint density at radius 2 is 1.68 bits per heavy atom. The predicted octanol–water partition coefficient (Wildman–Crippen LogP) is 1.62. The molecule has 1 amide bonds. The number of hydrogen-bond donors (Lipinski definition) is 0. The van der Waals surface area contributed by atoms with Crippen LogP contribution in [0.15, 0.2) is 59.4 Å². The lowest BCUT2D eigenvalue weighted by atomic mass is 10.1. The molecule has 2 aromatic carbocycles. The van der Waals surface area contributed by atoms with Gasteiger partial charge in [0.1, 0.15) is 0 Å². The molecule has 0 radical (unpaired) electrons. The number of nitrogens with zero attached hydrogens (tertiary/aromatic N) is 3.